The fourth-order valence-electron chi connectivity index (χ4n) is 5.51. The van der Waals surface area contributed by atoms with Crippen LogP contribution in [-0.4, -0.2) is 19.9 Å². The van der Waals surface area contributed by atoms with Crippen LogP contribution >= 0.6 is 0 Å². The predicted octanol–water partition coefficient (Wildman–Crippen LogP) is 8.88. The first-order chi connectivity index (χ1) is 19.8. The van der Waals surface area contributed by atoms with Crippen LogP contribution in [0, 0.1) is 0 Å². The number of aromatic nitrogens is 4. The van der Waals surface area contributed by atoms with Crippen LogP contribution in [0.2, 0.25) is 0 Å². The maximum absolute atomic E-state index is 4.71. The van der Waals surface area contributed by atoms with E-state index < -0.39 is 0 Å². The highest BCUT2D eigenvalue weighted by molar-refractivity contribution is 6.05. The minimum atomic E-state index is 0.956. The molecule has 4 heterocycles. The number of benzene rings is 4. The van der Waals surface area contributed by atoms with Crippen molar-refractivity contribution in [1.82, 2.24) is 19.9 Å². The summed E-state index contributed by atoms with van der Waals surface area (Å²) in [6.07, 6.45) is 7.56. The molecular formula is C36H22N4. The predicted molar refractivity (Wildman–Crippen MR) is 164 cm³/mol. The van der Waals surface area contributed by atoms with E-state index >= 15 is 0 Å². The van der Waals surface area contributed by atoms with Crippen molar-refractivity contribution in [2.45, 2.75) is 0 Å². The third kappa shape index (κ3) is 3.77. The lowest BCUT2D eigenvalue weighted by molar-refractivity contribution is 1.39. The monoisotopic (exact) mass is 510 g/mol. The van der Waals surface area contributed by atoms with Gasteiger partial charge in [-0.05, 0) is 58.7 Å². The van der Waals surface area contributed by atoms with Gasteiger partial charge in [0.25, 0.3) is 0 Å². The van der Waals surface area contributed by atoms with Gasteiger partial charge >= 0.3 is 0 Å². The van der Waals surface area contributed by atoms with Gasteiger partial charge in [0.1, 0.15) is 0 Å². The fourth-order valence-corrected chi connectivity index (χ4v) is 5.51. The van der Waals surface area contributed by atoms with Crippen LogP contribution in [-0.2, 0) is 0 Å². The van der Waals surface area contributed by atoms with Gasteiger partial charge in [0, 0.05) is 57.5 Å². The summed E-state index contributed by atoms with van der Waals surface area (Å²) >= 11 is 0. The van der Waals surface area contributed by atoms with E-state index in [-0.39, 0.29) is 0 Å². The average Bonchev–Trinajstić information content (AvgIpc) is 3.04. The second-order valence-corrected chi connectivity index (χ2v) is 10.0. The SMILES string of the molecule is c1cnc2c(c1)ccc1ncc(-c3ccc(-c4ccc(-c5cnc6ccc7cccnc7c6c5)cc4)cc3)cc12. The van der Waals surface area contributed by atoms with Crippen LogP contribution in [0.5, 0.6) is 0 Å². The lowest BCUT2D eigenvalue weighted by Gasteiger charge is -2.09. The van der Waals surface area contributed by atoms with Gasteiger partial charge in [0.05, 0.1) is 22.1 Å². The molecule has 0 fully saturated rings. The third-order valence-corrected chi connectivity index (χ3v) is 7.64. The summed E-state index contributed by atoms with van der Waals surface area (Å²) in [4.78, 5) is 18.6. The molecule has 0 radical (unpaired) electrons. The molecule has 186 valence electrons. The number of rotatable bonds is 3. The van der Waals surface area contributed by atoms with Crippen molar-refractivity contribution >= 4 is 43.6 Å². The molecule has 4 heteroatoms. The molecule has 4 aromatic heterocycles. The van der Waals surface area contributed by atoms with Crippen molar-refractivity contribution in [3.8, 4) is 33.4 Å². The molecule has 0 N–H and O–H groups in total. The molecule has 0 aliphatic rings. The van der Waals surface area contributed by atoms with Crippen LogP contribution in [0.25, 0.3) is 77.0 Å². The molecule has 0 unspecified atom stereocenters. The summed E-state index contributed by atoms with van der Waals surface area (Å²) in [7, 11) is 0. The van der Waals surface area contributed by atoms with Crippen LogP contribution in [0.3, 0.4) is 0 Å². The average molecular weight is 511 g/mol. The van der Waals surface area contributed by atoms with Gasteiger partial charge in [-0.1, -0.05) is 72.8 Å². The molecule has 8 aromatic rings. The van der Waals surface area contributed by atoms with Gasteiger partial charge in [0.2, 0.25) is 0 Å². The quantitative estimate of drug-likeness (QED) is 0.223. The van der Waals surface area contributed by atoms with E-state index in [9.17, 15) is 0 Å². The topological polar surface area (TPSA) is 51.6 Å². The van der Waals surface area contributed by atoms with E-state index in [1.807, 2.05) is 36.9 Å². The molecule has 0 aliphatic heterocycles. The maximum Gasteiger partial charge on any atom is 0.0796 e. The molecule has 40 heavy (non-hydrogen) atoms. The Labute approximate surface area is 230 Å². The first kappa shape index (κ1) is 22.5. The fraction of sp³-hybridized carbons (Fsp3) is 0. The Bertz CT molecular complexity index is 2040. The van der Waals surface area contributed by atoms with Crippen LogP contribution in [0.1, 0.15) is 0 Å². The summed E-state index contributed by atoms with van der Waals surface area (Å²) in [5.74, 6) is 0. The molecule has 4 nitrogen and oxygen atoms in total. The molecule has 0 bridgehead atoms. The maximum atomic E-state index is 4.71. The normalized spacial score (nSPS) is 11.5. The Hall–Kier alpha value is -5.48. The smallest absolute Gasteiger partial charge is 0.0796 e. The molecule has 0 saturated carbocycles. The van der Waals surface area contributed by atoms with Crippen molar-refractivity contribution in [2.75, 3.05) is 0 Å². The Morgan fingerprint density at radius 2 is 0.750 bits per heavy atom. The van der Waals surface area contributed by atoms with Crippen molar-refractivity contribution in [3.05, 3.63) is 134 Å². The van der Waals surface area contributed by atoms with E-state index in [0.717, 1.165) is 65.9 Å². The summed E-state index contributed by atoms with van der Waals surface area (Å²) in [6.45, 7) is 0. The zero-order valence-corrected chi connectivity index (χ0v) is 21.5. The number of hydrogen-bond donors (Lipinski definition) is 0. The van der Waals surface area contributed by atoms with Gasteiger partial charge in [0.15, 0.2) is 0 Å². The minimum Gasteiger partial charge on any atom is -0.256 e. The van der Waals surface area contributed by atoms with Gasteiger partial charge in [-0.25, -0.2) is 0 Å². The first-order valence-electron chi connectivity index (χ1n) is 13.3. The van der Waals surface area contributed by atoms with E-state index in [1.54, 1.807) is 0 Å². The Morgan fingerprint density at radius 3 is 1.18 bits per heavy atom. The molecular weight excluding hydrogens is 488 g/mol. The summed E-state index contributed by atoms with van der Waals surface area (Å²) in [5, 5.41) is 4.39. The minimum absolute atomic E-state index is 0.956. The number of fused-ring (bicyclic) bond motifs is 6. The molecule has 0 amide bonds. The Morgan fingerprint density at radius 1 is 0.350 bits per heavy atom. The highest BCUT2D eigenvalue weighted by Crippen LogP contribution is 2.31. The highest BCUT2D eigenvalue weighted by Gasteiger charge is 2.08. The Kier molecular flexibility index (Phi) is 5.10. The number of pyridine rings is 4. The lowest BCUT2D eigenvalue weighted by Crippen LogP contribution is -1.87. The standard InChI is InChI=1S/C36H22N4/c1-3-27-13-15-33-31(35(27)37-17-1)19-29(21-39-33)25-9-5-23(6-10-25)24-7-11-26(12-8-24)30-20-32-34(40-22-30)16-14-28-4-2-18-38-36(28)32/h1-22H. The van der Waals surface area contributed by atoms with Crippen LogP contribution < -0.4 is 0 Å². The Balaban J connectivity index is 1.10. The molecule has 0 atom stereocenters. The highest BCUT2D eigenvalue weighted by atomic mass is 14.7. The number of nitrogens with zero attached hydrogens (tertiary/aromatic N) is 4. The van der Waals surface area contributed by atoms with Gasteiger partial charge in [-0.15, -0.1) is 0 Å². The van der Waals surface area contributed by atoms with E-state index in [0.29, 0.717) is 0 Å². The molecule has 8 rings (SSSR count). The third-order valence-electron chi connectivity index (χ3n) is 7.64. The lowest BCUT2D eigenvalue weighted by atomic mass is 9.98. The van der Waals surface area contributed by atoms with Crippen LogP contribution in [0.15, 0.2) is 134 Å². The largest absolute Gasteiger partial charge is 0.256 e. The summed E-state index contributed by atoms with van der Waals surface area (Å²) in [5.41, 5.74) is 10.6. The second kappa shape index (κ2) is 9.07. The summed E-state index contributed by atoms with van der Waals surface area (Å²) in [6, 6.07) is 38.1. The van der Waals surface area contributed by atoms with Gasteiger partial charge in [-0.2, -0.15) is 0 Å². The molecule has 0 aliphatic carbocycles. The van der Waals surface area contributed by atoms with Crippen molar-refractivity contribution in [3.63, 3.8) is 0 Å². The van der Waals surface area contributed by atoms with E-state index in [1.165, 1.54) is 11.1 Å². The summed E-state index contributed by atoms with van der Waals surface area (Å²) < 4.78 is 0. The van der Waals surface area contributed by atoms with E-state index in [4.69, 9.17) is 9.97 Å². The zero-order chi connectivity index (χ0) is 26.5. The van der Waals surface area contributed by atoms with Crippen LogP contribution in [0.4, 0.5) is 0 Å². The zero-order valence-electron chi connectivity index (χ0n) is 21.5. The molecule has 4 aromatic carbocycles. The first-order valence-corrected chi connectivity index (χ1v) is 13.3. The molecule has 0 saturated heterocycles. The van der Waals surface area contributed by atoms with Crippen molar-refractivity contribution in [2.24, 2.45) is 0 Å². The van der Waals surface area contributed by atoms with Gasteiger partial charge < -0.3 is 0 Å². The second-order valence-electron chi connectivity index (χ2n) is 10.0. The molecule has 0 spiro atoms. The van der Waals surface area contributed by atoms with E-state index in [2.05, 4.69) is 107 Å². The van der Waals surface area contributed by atoms with Crippen molar-refractivity contribution in [1.29, 1.82) is 0 Å². The van der Waals surface area contributed by atoms with Crippen molar-refractivity contribution < 1.29 is 0 Å². The number of hydrogen-bond acceptors (Lipinski definition) is 4. The van der Waals surface area contributed by atoms with Gasteiger partial charge in [-0.3, -0.25) is 19.9 Å².